The number of anilines is 3. The Balaban J connectivity index is 0.892. The second kappa shape index (κ2) is 22.5. The summed E-state index contributed by atoms with van der Waals surface area (Å²) in [4.78, 5) is 2.41. The monoisotopic (exact) mass is 1060 g/mol. The van der Waals surface area contributed by atoms with Gasteiger partial charge in [0.1, 0.15) is 5.82 Å². The molecule has 2 atom stereocenters. The highest BCUT2D eigenvalue weighted by molar-refractivity contribution is 6.11. The van der Waals surface area contributed by atoms with E-state index in [1.807, 2.05) is 24.3 Å². The van der Waals surface area contributed by atoms with E-state index in [2.05, 4.69) is 266 Å². The van der Waals surface area contributed by atoms with Crippen molar-refractivity contribution in [3.63, 3.8) is 0 Å². The molecular formula is C79H65FN2. The molecular weight excluding hydrogens is 996 g/mol. The molecule has 0 amide bonds. The predicted molar refractivity (Wildman–Crippen MR) is 346 cm³/mol. The van der Waals surface area contributed by atoms with Crippen LogP contribution in [0.4, 0.5) is 21.5 Å². The molecule has 12 aromatic rings. The first-order valence-electron chi connectivity index (χ1n) is 29.0. The lowest BCUT2D eigenvalue weighted by Gasteiger charge is -2.34. The Hall–Kier alpha value is -9.57. The van der Waals surface area contributed by atoms with Crippen LogP contribution in [-0.2, 0) is 11.8 Å². The van der Waals surface area contributed by atoms with Crippen molar-refractivity contribution >= 4 is 51.0 Å². The van der Waals surface area contributed by atoms with Gasteiger partial charge in [-0.3, -0.25) is 0 Å². The maximum Gasteiger partial charge on any atom is 0.123 e. The highest BCUT2D eigenvalue weighted by Crippen LogP contribution is 2.56. The largest absolute Gasteiger partial charge is 0.310 e. The zero-order chi connectivity index (χ0) is 55.6. The third-order valence-corrected chi connectivity index (χ3v) is 17.4. The van der Waals surface area contributed by atoms with Crippen LogP contribution in [0.1, 0.15) is 72.4 Å². The summed E-state index contributed by atoms with van der Waals surface area (Å²) in [7, 11) is 0. The standard InChI is InChI=1S/C79H65FN2/c1-4-55-24-26-58(27-25-55)51-57(6-3)17-15-16-50-79(65-18-9-7-10-19-65)75-23-14-13-22-71(75)72-47-46-70(54-76(72)79)81(68-42-34-60(35-43-68)59-32-40-66(80)41-33-59)69-44-36-62(37-45-69)64-39-49-78-74(53-64)73-52-63(61-30-28-56(5-2)29-31-61)38-48-77(73)82(78)67-20-11-8-12-21-67/h4-5,7-14,18-49,52-54,57H,1-2,6,15-17,50-51H2,3H3. The van der Waals surface area contributed by atoms with Gasteiger partial charge in [-0.2, -0.15) is 0 Å². The summed E-state index contributed by atoms with van der Waals surface area (Å²) in [5.41, 5.74) is 23.3. The van der Waals surface area contributed by atoms with Crippen LogP contribution in [-0.4, -0.2) is 4.57 Å². The van der Waals surface area contributed by atoms with Gasteiger partial charge >= 0.3 is 0 Å². The van der Waals surface area contributed by atoms with Crippen molar-refractivity contribution in [3.05, 3.63) is 313 Å². The Morgan fingerprint density at radius 3 is 1.54 bits per heavy atom. The molecule has 0 aliphatic heterocycles. The predicted octanol–water partition coefficient (Wildman–Crippen LogP) is 21.8. The fourth-order valence-electron chi connectivity index (χ4n) is 13.1. The summed E-state index contributed by atoms with van der Waals surface area (Å²) >= 11 is 0. The average Bonchev–Trinajstić information content (AvgIpc) is 3.08. The highest BCUT2D eigenvalue weighted by atomic mass is 19.1. The van der Waals surface area contributed by atoms with Crippen LogP contribution >= 0.6 is 0 Å². The van der Waals surface area contributed by atoms with E-state index in [4.69, 9.17) is 0 Å². The van der Waals surface area contributed by atoms with Crippen LogP contribution in [0.25, 0.3) is 84.2 Å². The number of hydrogen-bond donors (Lipinski definition) is 0. The van der Waals surface area contributed by atoms with Crippen LogP contribution < -0.4 is 4.90 Å². The van der Waals surface area contributed by atoms with Gasteiger partial charge in [-0.05, 0) is 182 Å². The lowest BCUT2D eigenvalue weighted by Crippen LogP contribution is -2.27. The summed E-state index contributed by atoms with van der Waals surface area (Å²) in [5, 5.41) is 2.41. The van der Waals surface area contributed by atoms with Gasteiger partial charge in [0.05, 0.1) is 11.0 Å². The first kappa shape index (κ1) is 51.8. The molecule has 2 unspecified atom stereocenters. The summed E-state index contributed by atoms with van der Waals surface area (Å²) in [6.07, 6.45) is 10.5. The molecule has 3 heteroatoms. The molecule has 0 saturated heterocycles. The molecule has 1 aliphatic carbocycles. The molecule has 1 aromatic heterocycles. The van der Waals surface area contributed by atoms with Crippen molar-refractivity contribution in [2.45, 2.75) is 50.9 Å². The number of aromatic nitrogens is 1. The Kier molecular flexibility index (Phi) is 14.2. The Morgan fingerprint density at radius 2 is 0.951 bits per heavy atom. The number of fused-ring (bicyclic) bond motifs is 6. The molecule has 2 nitrogen and oxygen atoms in total. The van der Waals surface area contributed by atoms with Gasteiger partial charge in [-0.15, -0.1) is 0 Å². The fourth-order valence-corrected chi connectivity index (χ4v) is 13.1. The molecule has 13 rings (SSSR count). The number of rotatable bonds is 18. The second-order valence-electron chi connectivity index (χ2n) is 22.1. The minimum Gasteiger partial charge on any atom is -0.310 e. The molecule has 1 aliphatic rings. The third-order valence-electron chi connectivity index (χ3n) is 17.4. The zero-order valence-corrected chi connectivity index (χ0v) is 46.5. The molecule has 0 bridgehead atoms. The lowest BCUT2D eigenvalue weighted by molar-refractivity contribution is 0.423. The van der Waals surface area contributed by atoms with E-state index in [0.717, 1.165) is 88.2 Å². The normalized spacial score (nSPS) is 13.9. The van der Waals surface area contributed by atoms with Gasteiger partial charge in [0.2, 0.25) is 0 Å². The minimum absolute atomic E-state index is 0.241. The first-order valence-corrected chi connectivity index (χ1v) is 29.0. The molecule has 0 radical (unpaired) electrons. The van der Waals surface area contributed by atoms with Crippen molar-refractivity contribution in [2.24, 2.45) is 5.92 Å². The number of benzene rings is 11. The van der Waals surface area contributed by atoms with Crippen LogP contribution in [0, 0.1) is 11.7 Å². The van der Waals surface area contributed by atoms with Gasteiger partial charge < -0.3 is 9.47 Å². The van der Waals surface area contributed by atoms with Crippen molar-refractivity contribution in [1.82, 2.24) is 4.57 Å². The molecule has 0 saturated carbocycles. The van der Waals surface area contributed by atoms with E-state index in [1.54, 1.807) is 0 Å². The lowest BCUT2D eigenvalue weighted by atomic mass is 9.69. The average molecular weight is 1060 g/mol. The molecule has 1 heterocycles. The van der Waals surface area contributed by atoms with Gasteiger partial charge in [-0.1, -0.05) is 234 Å². The highest BCUT2D eigenvalue weighted by Gasteiger charge is 2.44. The van der Waals surface area contributed by atoms with Crippen LogP contribution in [0.5, 0.6) is 0 Å². The zero-order valence-electron chi connectivity index (χ0n) is 46.5. The smallest absolute Gasteiger partial charge is 0.123 e. The van der Waals surface area contributed by atoms with Crippen LogP contribution in [0.3, 0.4) is 0 Å². The molecule has 0 spiro atoms. The van der Waals surface area contributed by atoms with Crippen molar-refractivity contribution in [1.29, 1.82) is 0 Å². The summed E-state index contributed by atoms with van der Waals surface area (Å²) in [5.74, 6) is 0.380. The van der Waals surface area contributed by atoms with E-state index in [1.165, 1.54) is 84.9 Å². The van der Waals surface area contributed by atoms with Crippen LogP contribution in [0.15, 0.2) is 274 Å². The maximum atomic E-state index is 14.1. The summed E-state index contributed by atoms with van der Waals surface area (Å²) in [6, 6.07) is 94.2. The fraction of sp³-hybridized carbons (Fsp3) is 0.114. The van der Waals surface area contributed by atoms with Crippen LogP contribution in [0.2, 0.25) is 0 Å². The van der Waals surface area contributed by atoms with E-state index < -0.39 is 0 Å². The van der Waals surface area contributed by atoms with E-state index in [9.17, 15) is 4.39 Å². The number of nitrogens with zero attached hydrogens (tertiary/aromatic N) is 2. The van der Waals surface area contributed by atoms with Crippen molar-refractivity contribution in [3.8, 4) is 50.2 Å². The SMILES string of the molecule is C=Cc1ccc(CC(CC)CCCCC2(c3ccccc3)c3ccccc3-c3ccc(N(c4ccc(-c5ccc(F)cc5)cc4)c4ccc(-c5ccc6c(c5)c5cc(-c7ccc(C=C)cc7)ccc5n6-c5ccccc5)cc4)cc32)cc1. The van der Waals surface area contributed by atoms with Gasteiger partial charge in [0, 0.05) is 38.9 Å². The van der Waals surface area contributed by atoms with Gasteiger partial charge in [0.15, 0.2) is 0 Å². The molecule has 0 fully saturated rings. The summed E-state index contributed by atoms with van der Waals surface area (Å²) in [6.45, 7) is 10.3. The molecule has 82 heavy (non-hydrogen) atoms. The van der Waals surface area contributed by atoms with Gasteiger partial charge in [-0.25, -0.2) is 4.39 Å². The quantitative estimate of drug-likeness (QED) is 0.0778. The Morgan fingerprint density at radius 1 is 0.463 bits per heavy atom. The van der Waals surface area contributed by atoms with E-state index in [0.29, 0.717) is 5.92 Å². The topological polar surface area (TPSA) is 8.17 Å². The van der Waals surface area contributed by atoms with Crippen molar-refractivity contribution < 1.29 is 4.39 Å². The Bertz CT molecular complexity index is 4230. The van der Waals surface area contributed by atoms with Gasteiger partial charge in [0.25, 0.3) is 0 Å². The van der Waals surface area contributed by atoms with Crippen molar-refractivity contribution in [2.75, 3.05) is 4.90 Å². The second-order valence-corrected chi connectivity index (χ2v) is 22.1. The molecule has 0 N–H and O–H groups in total. The number of unbranched alkanes of at least 4 members (excludes halogenated alkanes) is 1. The van der Waals surface area contributed by atoms with E-state index in [-0.39, 0.29) is 11.2 Å². The number of hydrogen-bond acceptors (Lipinski definition) is 1. The minimum atomic E-state index is -0.355. The van der Waals surface area contributed by atoms with E-state index >= 15 is 0 Å². The first-order chi connectivity index (χ1) is 40.4. The molecule has 11 aromatic carbocycles. The maximum absolute atomic E-state index is 14.1. The summed E-state index contributed by atoms with van der Waals surface area (Å²) < 4.78 is 16.5. The Labute approximate surface area is 482 Å². The number of para-hydroxylation sites is 1. The molecule has 398 valence electrons. The third kappa shape index (κ3) is 9.77. The number of halogens is 1.